The van der Waals surface area contributed by atoms with E-state index in [0.717, 1.165) is 36.6 Å². The number of fused-ring (bicyclic) bond motifs is 2. The van der Waals surface area contributed by atoms with Crippen LogP contribution in [0.4, 0.5) is 5.69 Å². The summed E-state index contributed by atoms with van der Waals surface area (Å²) in [6.45, 7) is 4.33. The van der Waals surface area contributed by atoms with Gasteiger partial charge in [-0.25, -0.2) is 0 Å². The van der Waals surface area contributed by atoms with Crippen LogP contribution in [0, 0.1) is 0 Å². The summed E-state index contributed by atoms with van der Waals surface area (Å²) in [5.74, 6) is 1.56. The molecule has 5 heteroatoms. The summed E-state index contributed by atoms with van der Waals surface area (Å²) in [6, 6.07) is 14.0. The SMILES string of the molecule is CCN(CC(=O)Nc1ccc2c(c1)CCC2)C[C@H]1COc2ccccc2O1. The lowest BCUT2D eigenvalue weighted by atomic mass is 10.1. The van der Waals surface area contributed by atoms with Crippen molar-refractivity contribution in [3.8, 4) is 11.5 Å². The Bertz CT molecular complexity index is 821. The number of hydrogen-bond acceptors (Lipinski definition) is 4. The molecule has 0 saturated heterocycles. The molecule has 1 amide bonds. The van der Waals surface area contributed by atoms with Crippen LogP contribution < -0.4 is 14.8 Å². The summed E-state index contributed by atoms with van der Waals surface area (Å²) < 4.78 is 11.8. The van der Waals surface area contributed by atoms with Crippen molar-refractivity contribution in [3.63, 3.8) is 0 Å². The molecule has 2 aliphatic rings. The number of benzene rings is 2. The molecule has 1 aliphatic carbocycles. The molecule has 4 rings (SSSR count). The van der Waals surface area contributed by atoms with Crippen molar-refractivity contribution in [3.05, 3.63) is 53.6 Å². The van der Waals surface area contributed by atoms with E-state index >= 15 is 0 Å². The van der Waals surface area contributed by atoms with Gasteiger partial charge in [0, 0.05) is 12.2 Å². The third kappa shape index (κ3) is 4.25. The first-order chi connectivity index (χ1) is 13.2. The summed E-state index contributed by atoms with van der Waals surface area (Å²) in [7, 11) is 0. The lowest BCUT2D eigenvalue weighted by molar-refractivity contribution is -0.117. The van der Waals surface area contributed by atoms with Crippen LogP contribution in [0.1, 0.15) is 24.5 Å². The highest BCUT2D eigenvalue weighted by molar-refractivity contribution is 5.92. The summed E-state index contributed by atoms with van der Waals surface area (Å²) in [5, 5.41) is 3.04. The second-order valence-corrected chi connectivity index (χ2v) is 7.21. The van der Waals surface area contributed by atoms with Crippen molar-refractivity contribution < 1.29 is 14.3 Å². The minimum absolute atomic E-state index is 0.00641. The first-order valence-corrected chi connectivity index (χ1v) is 9.74. The highest BCUT2D eigenvalue weighted by Gasteiger charge is 2.23. The van der Waals surface area contributed by atoms with Crippen LogP contribution in [-0.4, -0.2) is 43.2 Å². The van der Waals surface area contributed by atoms with Crippen molar-refractivity contribution in [1.82, 2.24) is 4.90 Å². The molecule has 0 fully saturated rings. The molecule has 0 bridgehead atoms. The summed E-state index contributed by atoms with van der Waals surface area (Å²) in [6.07, 6.45) is 3.40. The summed E-state index contributed by atoms with van der Waals surface area (Å²) >= 11 is 0. The second kappa shape index (κ2) is 8.01. The molecule has 1 N–H and O–H groups in total. The fraction of sp³-hybridized carbons (Fsp3) is 0.409. The van der Waals surface area contributed by atoms with Crippen LogP contribution in [-0.2, 0) is 17.6 Å². The molecule has 27 heavy (non-hydrogen) atoms. The van der Waals surface area contributed by atoms with E-state index in [1.54, 1.807) is 0 Å². The highest BCUT2D eigenvalue weighted by atomic mass is 16.6. The zero-order chi connectivity index (χ0) is 18.6. The smallest absolute Gasteiger partial charge is 0.238 e. The van der Waals surface area contributed by atoms with Gasteiger partial charge in [0.25, 0.3) is 0 Å². The molecule has 0 radical (unpaired) electrons. The molecule has 0 spiro atoms. The van der Waals surface area contributed by atoms with E-state index in [4.69, 9.17) is 9.47 Å². The van der Waals surface area contributed by atoms with Gasteiger partial charge >= 0.3 is 0 Å². The third-order valence-corrected chi connectivity index (χ3v) is 5.23. The van der Waals surface area contributed by atoms with Crippen molar-refractivity contribution in [2.24, 2.45) is 0 Å². The van der Waals surface area contributed by atoms with Crippen LogP contribution in [0.25, 0.3) is 0 Å². The van der Waals surface area contributed by atoms with Crippen LogP contribution in [0.3, 0.4) is 0 Å². The minimum Gasteiger partial charge on any atom is -0.486 e. The van der Waals surface area contributed by atoms with Gasteiger partial charge in [0.15, 0.2) is 11.5 Å². The zero-order valence-corrected chi connectivity index (χ0v) is 15.7. The molecule has 1 atom stereocenters. The molecule has 142 valence electrons. The van der Waals surface area contributed by atoms with Crippen LogP contribution in [0.5, 0.6) is 11.5 Å². The largest absolute Gasteiger partial charge is 0.486 e. The molecule has 1 aliphatic heterocycles. The Morgan fingerprint density at radius 1 is 1.15 bits per heavy atom. The van der Waals surface area contributed by atoms with Crippen molar-refractivity contribution >= 4 is 11.6 Å². The van der Waals surface area contributed by atoms with E-state index in [2.05, 4.69) is 29.3 Å². The summed E-state index contributed by atoms with van der Waals surface area (Å²) in [4.78, 5) is 14.6. The van der Waals surface area contributed by atoms with Gasteiger partial charge < -0.3 is 14.8 Å². The van der Waals surface area contributed by atoms with Gasteiger partial charge in [-0.15, -0.1) is 0 Å². The molecule has 0 saturated carbocycles. The standard InChI is InChI=1S/C22H26N2O3/c1-2-24(13-19-15-26-20-8-3-4-9-21(20)27-19)14-22(25)23-18-11-10-16-6-5-7-17(16)12-18/h3-4,8-12,19H,2,5-7,13-15H2,1H3,(H,23,25)/t19-/m0/s1. The number of hydrogen-bond donors (Lipinski definition) is 1. The van der Waals surface area contributed by atoms with Crippen LogP contribution >= 0.6 is 0 Å². The number of carbonyl (C=O) groups is 1. The maximum atomic E-state index is 12.5. The van der Waals surface area contributed by atoms with Gasteiger partial charge in [0.1, 0.15) is 12.7 Å². The number of nitrogens with zero attached hydrogens (tertiary/aromatic N) is 1. The van der Waals surface area contributed by atoms with Crippen LogP contribution in [0.15, 0.2) is 42.5 Å². The van der Waals surface area contributed by atoms with Crippen molar-refractivity contribution in [2.75, 3.05) is 31.6 Å². The van der Waals surface area contributed by atoms with E-state index < -0.39 is 0 Å². The molecule has 0 unspecified atom stereocenters. The van der Waals surface area contributed by atoms with Crippen LogP contribution in [0.2, 0.25) is 0 Å². The molecule has 5 nitrogen and oxygen atoms in total. The number of anilines is 1. The lowest BCUT2D eigenvalue weighted by Crippen LogP contribution is -2.43. The Balaban J connectivity index is 1.31. The topological polar surface area (TPSA) is 50.8 Å². The van der Waals surface area contributed by atoms with Gasteiger partial charge in [0.05, 0.1) is 6.54 Å². The minimum atomic E-state index is -0.0763. The predicted molar refractivity (Wildman–Crippen MR) is 106 cm³/mol. The Hall–Kier alpha value is -2.53. The number of rotatable bonds is 6. The molecule has 2 aromatic carbocycles. The molecular formula is C22H26N2O3. The highest BCUT2D eigenvalue weighted by Crippen LogP contribution is 2.31. The predicted octanol–water partition coefficient (Wildman–Crippen LogP) is 3.28. The third-order valence-electron chi connectivity index (χ3n) is 5.23. The normalized spacial score (nSPS) is 17.6. The lowest BCUT2D eigenvalue weighted by Gasteiger charge is -2.30. The average molecular weight is 366 g/mol. The quantitative estimate of drug-likeness (QED) is 0.852. The Morgan fingerprint density at radius 2 is 1.96 bits per heavy atom. The fourth-order valence-electron chi connectivity index (χ4n) is 3.80. The molecule has 1 heterocycles. The molecular weight excluding hydrogens is 340 g/mol. The maximum absolute atomic E-state index is 12.5. The number of likely N-dealkylation sites (N-methyl/N-ethyl adjacent to an activating group) is 1. The number of carbonyl (C=O) groups excluding carboxylic acids is 1. The average Bonchev–Trinajstić information content (AvgIpc) is 3.15. The van der Waals surface area contributed by atoms with Gasteiger partial charge in [-0.3, -0.25) is 9.69 Å². The first-order valence-electron chi connectivity index (χ1n) is 9.74. The monoisotopic (exact) mass is 366 g/mol. The number of amides is 1. The Kier molecular flexibility index (Phi) is 5.30. The van der Waals surface area contributed by atoms with E-state index in [-0.39, 0.29) is 12.0 Å². The number of aryl methyl sites for hydroxylation is 2. The van der Waals surface area contributed by atoms with E-state index in [1.807, 2.05) is 30.3 Å². The molecule has 0 aromatic heterocycles. The number of para-hydroxylation sites is 2. The van der Waals surface area contributed by atoms with E-state index in [1.165, 1.54) is 17.5 Å². The summed E-state index contributed by atoms with van der Waals surface area (Å²) in [5.41, 5.74) is 3.67. The first kappa shape index (κ1) is 17.9. The van der Waals surface area contributed by atoms with Crippen molar-refractivity contribution in [2.45, 2.75) is 32.3 Å². The van der Waals surface area contributed by atoms with Gasteiger partial charge in [-0.2, -0.15) is 0 Å². The fourth-order valence-corrected chi connectivity index (χ4v) is 3.80. The van der Waals surface area contributed by atoms with Gasteiger partial charge in [0.2, 0.25) is 5.91 Å². The molecule has 2 aromatic rings. The van der Waals surface area contributed by atoms with E-state index in [9.17, 15) is 4.79 Å². The van der Waals surface area contributed by atoms with Gasteiger partial charge in [-0.1, -0.05) is 25.1 Å². The zero-order valence-electron chi connectivity index (χ0n) is 15.7. The van der Waals surface area contributed by atoms with Crippen molar-refractivity contribution in [1.29, 1.82) is 0 Å². The Labute approximate surface area is 160 Å². The van der Waals surface area contributed by atoms with Gasteiger partial charge in [-0.05, 0) is 61.2 Å². The van der Waals surface area contributed by atoms with E-state index in [0.29, 0.717) is 19.7 Å². The second-order valence-electron chi connectivity index (χ2n) is 7.21. The number of ether oxygens (including phenoxy) is 2. The maximum Gasteiger partial charge on any atom is 0.238 e. The number of nitrogens with one attached hydrogen (secondary N) is 1. The Morgan fingerprint density at radius 3 is 2.81 bits per heavy atom.